The molecule has 3 heteroatoms. The molecule has 3 unspecified atom stereocenters. The summed E-state index contributed by atoms with van der Waals surface area (Å²) in [6, 6.07) is 0. The second kappa shape index (κ2) is 12.7. The highest BCUT2D eigenvalue weighted by Crippen LogP contribution is 2.31. The van der Waals surface area contributed by atoms with Gasteiger partial charge in [-0.05, 0) is 72.1 Å². The summed E-state index contributed by atoms with van der Waals surface area (Å²) in [6.45, 7) is 18.8. The van der Waals surface area contributed by atoms with Crippen molar-refractivity contribution in [2.24, 2.45) is 11.8 Å². The first-order valence-electron chi connectivity index (χ1n) is 11.8. The predicted octanol–water partition coefficient (Wildman–Crippen LogP) is 8.15. The van der Waals surface area contributed by atoms with Crippen LogP contribution in [0, 0.1) is 25.7 Å². The smallest absolute Gasteiger partial charge is 0.342 e. The zero-order chi connectivity index (χ0) is 23.7. The van der Waals surface area contributed by atoms with Gasteiger partial charge in [-0.25, -0.2) is 4.79 Å². The van der Waals surface area contributed by atoms with E-state index in [4.69, 9.17) is 4.42 Å². The third-order valence-corrected chi connectivity index (χ3v) is 6.13. The van der Waals surface area contributed by atoms with Crippen LogP contribution in [0.15, 0.2) is 44.2 Å². The Balaban J connectivity index is 2.69. The normalized spacial score (nSPS) is 16.4. The summed E-state index contributed by atoms with van der Waals surface area (Å²) in [5, 5.41) is 10.2. The van der Waals surface area contributed by atoms with E-state index in [1.807, 2.05) is 13.8 Å². The second-order valence-corrected chi connectivity index (χ2v) is 9.63. The van der Waals surface area contributed by atoms with Crippen molar-refractivity contribution in [2.45, 2.75) is 100 Å². The van der Waals surface area contributed by atoms with Gasteiger partial charge in [0.05, 0.1) is 5.56 Å². The van der Waals surface area contributed by atoms with Crippen LogP contribution in [0.1, 0.15) is 103 Å². The minimum atomic E-state index is -0.453. The monoisotopic (exact) mass is 428 g/mol. The Bertz CT molecular complexity index is 867. The fourth-order valence-corrected chi connectivity index (χ4v) is 4.21. The highest BCUT2D eigenvalue weighted by atomic mass is 16.4. The summed E-state index contributed by atoms with van der Waals surface area (Å²) < 4.78 is 5.48. The summed E-state index contributed by atoms with van der Waals surface area (Å²) in [5.41, 5.74) is 4.51. The van der Waals surface area contributed by atoms with Gasteiger partial charge in [0.1, 0.15) is 11.5 Å². The number of aromatic hydroxyl groups is 1. The summed E-state index contributed by atoms with van der Waals surface area (Å²) in [5.74, 6) is 1.89. The van der Waals surface area contributed by atoms with Crippen LogP contribution < -0.4 is 5.63 Å². The number of allylic oxidation sites excluding steroid dienone is 6. The van der Waals surface area contributed by atoms with E-state index in [1.54, 1.807) is 6.92 Å². The summed E-state index contributed by atoms with van der Waals surface area (Å²) in [7, 11) is 0. The van der Waals surface area contributed by atoms with E-state index in [2.05, 4.69) is 59.8 Å². The van der Waals surface area contributed by atoms with Gasteiger partial charge in [0.15, 0.2) is 0 Å². The molecule has 174 valence electrons. The van der Waals surface area contributed by atoms with Crippen LogP contribution >= 0.6 is 0 Å². The molecule has 0 fully saturated rings. The minimum Gasteiger partial charge on any atom is -0.507 e. The van der Waals surface area contributed by atoms with Gasteiger partial charge in [-0.15, -0.1) is 0 Å². The highest BCUT2D eigenvalue weighted by Gasteiger charge is 2.18. The molecule has 0 aliphatic carbocycles. The first-order chi connectivity index (χ1) is 14.5. The maximum Gasteiger partial charge on any atom is 0.342 e. The van der Waals surface area contributed by atoms with Gasteiger partial charge in [-0.1, -0.05) is 69.1 Å². The van der Waals surface area contributed by atoms with Crippen LogP contribution in [0.5, 0.6) is 5.75 Å². The number of rotatable bonds is 11. The standard InChI is InChI=1S/C28H44O3/c1-10-18(2)14-19(3)12-11-13-20(4)15-21(5)16-22(6)17-23(7)27-24(8)26(29)25(9)28(30)31-27/h14-16,18,20,23,29H,10-13,17H2,1-9H3/b19-14+,21-15+,22-16+. The third-order valence-electron chi connectivity index (χ3n) is 6.13. The molecule has 31 heavy (non-hydrogen) atoms. The third kappa shape index (κ3) is 8.93. The minimum absolute atomic E-state index is 0.0287. The van der Waals surface area contributed by atoms with Crippen molar-refractivity contribution in [2.75, 3.05) is 0 Å². The van der Waals surface area contributed by atoms with Crippen LogP contribution in [0.25, 0.3) is 0 Å². The lowest BCUT2D eigenvalue weighted by Gasteiger charge is -2.15. The van der Waals surface area contributed by atoms with Gasteiger partial charge in [0, 0.05) is 11.5 Å². The van der Waals surface area contributed by atoms with E-state index in [0.29, 0.717) is 23.2 Å². The molecule has 0 spiro atoms. The molecular weight excluding hydrogens is 384 g/mol. The molecule has 0 aliphatic heterocycles. The van der Waals surface area contributed by atoms with Crippen LogP contribution in [-0.4, -0.2) is 5.11 Å². The zero-order valence-corrected chi connectivity index (χ0v) is 21.3. The Morgan fingerprint density at radius 1 is 1.00 bits per heavy atom. The first kappa shape index (κ1) is 27.0. The Labute approximate surface area is 190 Å². The lowest BCUT2D eigenvalue weighted by molar-refractivity contribution is 0.392. The number of hydrogen-bond acceptors (Lipinski definition) is 3. The highest BCUT2D eigenvalue weighted by molar-refractivity contribution is 5.39. The lowest BCUT2D eigenvalue weighted by atomic mass is 9.94. The summed E-state index contributed by atoms with van der Waals surface area (Å²) in [6.07, 6.45) is 12.6. The Morgan fingerprint density at radius 2 is 1.65 bits per heavy atom. The van der Waals surface area contributed by atoms with E-state index >= 15 is 0 Å². The first-order valence-corrected chi connectivity index (χ1v) is 11.8. The van der Waals surface area contributed by atoms with Crippen molar-refractivity contribution in [3.8, 4) is 5.75 Å². The average Bonchev–Trinajstić information content (AvgIpc) is 2.68. The van der Waals surface area contributed by atoms with E-state index in [9.17, 15) is 9.90 Å². The molecule has 0 saturated heterocycles. The van der Waals surface area contributed by atoms with Gasteiger partial charge in [-0.2, -0.15) is 0 Å². The van der Waals surface area contributed by atoms with Gasteiger partial charge < -0.3 is 9.52 Å². The van der Waals surface area contributed by atoms with Crippen LogP contribution in [0.3, 0.4) is 0 Å². The number of hydrogen-bond donors (Lipinski definition) is 1. The van der Waals surface area contributed by atoms with Crippen molar-refractivity contribution < 1.29 is 9.52 Å². The summed E-state index contributed by atoms with van der Waals surface area (Å²) >= 11 is 0. The van der Waals surface area contributed by atoms with Crippen LogP contribution in [0.2, 0.25) is 0 Å². The molecule has 0 amide bonds. The molecule has 1 N–H and O–H groups in total. The molecule has 1 aromatic rings. The molecule has 3 atom stereocenters. The van der Waals surface area contributed by atoms with Crippen molar-refractivity contribution in [3.05, 3.63) is 62.3 Å². The second-order valence-electron chi connectivity index (χ2n) is 9.63. The van der Waals surface area contributed by atoms with Gasteiger partial charge in [0.25, 0.3) is 0 Å². The average molecular weight is 429 g/mol. The van der Waals surface area contributed by atoms with Crippen LogP contribution in [0.4, 0.5) is 0 Å². The Morgan fingerprint density at radius 3 is 2.26 bits per heavy atom. The largest absolute Gasteiger partial charge is 0.507 e. The van der Waals surface area contributed by atoms with Gasteiger partial charge in [-0.3, -0.25) is 0 Å². The Hall–Kier alpha value is -2.03. The quantitative estimate of drug-likeness (QED) is 0.286. The molecule has 0 aliphatic rings. The molecule has 1 rings (SSSR count). The summed E-state index contributed by atoms with van der Waals surface area (Å²) in [4.78, 5) is 11.9. The van der Waals surface area contributed by atoms with Gasteiger partial charge >= 0.3 is 5.63 Å². The molecular formula is C28H44O3. The van der Waals surface area contributed by atoms with Crippen molar-refractivity contribution in [3.63, 3.8) is 0 Å². The molecule has 0 saturated carbocycles. The van der Waals surface area contributed by atoms with E-state index in [0.717, 1.165) is 6.42 Å². The van der Waals surface area contributed by atoms with Gasteiger partial charge in [0.2, 0.25) is 0 Å². The predicted molar refractivity (Wildman–Crippen MR) is 133 cm³/mol. The molecule has 1 aromatic heterocycles. The van der Waals surface area contributed by atoms with Crippen molar-refractivity contribution in [1.29, 1.82) is 0 Å². The molecule has 1 heterocycles. The Kier molecular flexibility index (Phi) is 11.1. The van der Waals surface area contributed by atoms with Crippen LogP contribution in [-0.2, 0) is 0 Å². The topological polar surface area (TPSA) is 50.4 Å². The van der Waals surface area contributed by atoms with E-state index in [1.165, 1.54) is 42.4 Å². The molecule has 0 aromatic carbocycles. The lowest BCUT2D eigenvalue weighted by Crippen LogP contribution is -2.10. The molecule has 3 nitrogen and oxygen atoms in total. The zero-order valence-electron chi connectivity index (χ0n) is 21.3. The maximum atomic E-state index is 11.9. The maximum absolute atomic E-state index is 11.9. The fraction of sp³-hybridized carbons (Fsp3) is 0.607. The van der Waals surface area contributed by atoms with Crippen molar-refractivity contribution >= 4 is 0 Å². The van der Waals surface area contributed by atoms with E-state index in [-0.39, 0.29) is 17.2 Å². The molecule has 0 bridgehead atoms. The fourth-order valence-electron chi connectivity index (χ4n) is 4.21. The van der Waals surface area contributed by atoms with Crippen molar-refractivity contribution in [1.82, 2.24) is 0 Å². The SMILES string of the molecule is CCC(C)/C=C(\C)CCCC(C)/C=C(C)/C=C(\C)CC(C)c1oc(=O)c(C)c(O)c1C. The molecule has 0 radical (unpaired) electrons. The van der Waals surface area contributed by atoms with E-state index < -0.39 is 5.63 Å².